The van der Waals surface area contributed by atoms with Crippen LogP contribution >= 0.6 is 0 Å². The van der Waals surface area contributed by atoms with E-state index in [2.05, 4.69) is 37.9 Å². The van der Waals surface area contributed by atoms with Crippen molar-refractivity contribution in [2.24, 2.45) is 0 Å². The van der Waals surface area contributed by atoms with Crippen molar-refractivity contribution in [2.45, 2.75) is 51.8 Å². The average molecular weight is 458 g/mol. The van der Waals surface area contributed by atoms with Crippen molar-refractivity contribution in [3.05, 3.63) is 30.0 Å². The number of ether oxygens (including phenoxy) is 2. The standard InChI is InChI=1S/C23H35N7O3/c1-23(2,3)33-22(31)30-8-4-5-18(16-30)25-20-13-17(15-29-9-11-32-12-10-29)14-21(27-20)26-19-6-7-24-28-19/h6-7,13-14,18H,4-5,8-12,15-16H2,1-3H3,(H3,24,25,26,27,28)/t18-/m0/s1. The molecule has 4 heterocycles. The number of rotatable bonds is 6. The minimum Gasteiger partial charge on any atom is -0.444 e. The molecule has 2 saturated heterocycles. The van der Waals surface area contributed by atoms with Gasteiger partial charge in [-0.1, -0.05) is 0 Å². The van der Waals surface area contributed by atoms with Crippen molar-refractivity contribution >= 4 is 23.5 Å². The van der Waals surface area contributed by atoms with Gasteiger partial charge in [0.25, 0.3) is 0 Å². The summed E-state index contributed by atoms with van der Waals surface area (Å²) in [7, 11) is 0. The van der Waals surface area contributed by atoms with Gasteiger partial charge in [-0.3, -0.25) is 10.00 Å². The molecule has 2 aliphatic heterocycles. The first kappa shape index (κ1) is 23.3. The van der Waals surface area contributed by atoms with Crippen LogP contribution in [0.15, 0.2) is 24.4 Å². The van der Waals surface area contributed by atoms with Crippen molar-refractivity contribution < 1.29 is 14.3 Å². The maximum Gasteiger partial charge on any atom is 0.410 e. The molecular weight excluding hydrogens is 422 g/mol. The third kappa shape index (κ3) is 7.06. The van der Waals surface area contributed by atoms with Gasteiger partial charge in [0.2, 0.25) is 0 Å². The quantitative estimate of drug-likeness (QED) is 0.607. The van der Waals surface area contributed by atoms with Gasteiger partial charge in [-0.15, -0.1) is 0 Å². The Balaban J connectivity index is 1.46. The monoisotopic (exact) mass is 457 g/mol. The number of aromatic amines is 1. The first-order valence-corrected chi connectivity index (χ1v) is 11.7. The fourth-order valence-corrected chi connectivity index (χ4v) is 4.09. The lowest BCUT2D eigenvalue weighted by Crippen LogP contribution is -2.47. The van der Waals surface area contributed by atoms with E-state index in [0.717, 1.165) is 68.7 Å². The molecule has 3 N–H and O–H groups in total. The SMILES string of the molecule is CC(C)(C)OC(=O)N1CCC[C@H](Nc2cc(CN3CCOCC3)cc(Nc3ccn[nH]3)n2)C1. The molecule has 0 spiro atoms. The van der Waals surface area contributed by atoms with Crippen LogP contribution in [0.4, 0.5) is 22.2 Å². The van der Waals surface area contributed by atoms with Crippen LogP contribution in [0.2, 0.25) is 0 Å². The third-order valence-electron chi connectivity index (χ3n) is 5.58. The summed E-state index contributed by atoms with van der Waals surface area (Å²) in [5.41, 5.74) is 0.663. The average Bonchev–Trinajstić information content (AvgIpc) is 3.26. The summed E-state index contributed by atoms with van der Waals surface area (Å²) in [4.78, 5) is 21.5. The molecule has 2 aliphatic rings. The van der Waals surface area contributed by atoms with Gasteiger partial charge in [-0.25, -0.2) is 9.78 Å². The van der Waals surface area contributed by atoms with Crippen molar-refractivity contribution in [1.82, 2.24) is 25.0 Å². The number of pyridine rings is 1. The van der Waals surface area contributed by atoms with E-state index in [-0.39, 0.29) is 12.1 Å². The first-order valence-electron chi connectivity index (χ1n) is 11.7. The Labute approximate surface area is 195 Å². The summed E-state index contributed by atoms with van der Waals surface area (Å²) in [5, 5.41) is 13.8. The zero-order chi connectivity index (χ0) is 23.3. The topological polar surface area (TPSA) is 108 Å². The number of nitrogens with zero attached hydrogens (tertiary/aromatic N) is 4. The molecule has 180 valence electrons. The van der Waals surface area contributed by atoms with E-state index in [4.69, 9.17) is 14.5 Å². The van der Waals surface area contributed by atoms with E-state index in [0.29, 0.717) is 13.1 Å². The molecular formula is C23H35N7O3. The number of amides is 1. The smallest absolute Gasteiger partial charge is 0.410 e. The summed E-state index contributed by atoms with van der Waals surface area (Å²) in [5.74, 6) is 2.32. The highest BCUT2D eigenvalue weighted by Crippen LogP contribution is 2.23. The van der Waals surface area contributed by atoms with E-state index >= 15 is 0 Å². The molecule has 10 nitrogen and oxygen atoms in total. The van der Waals surface area contributed by atoms with Crippen LogP contribution in [-0.2, 0) is 16.0 Å². The zero-order valence-corrected chi connectivity index (χ0v) is 19.8. The second-order valence-electron chi connectivity index (χ2n) is 9.64. The van der Waals surface area contributed by atoms with Crippen LogP contribution < -0.4 is 10.6 Å². The predicted molar refractivity (Wildman–Crippen MR) is 127 cm³/mol. The lowest BCUT2D eigenvalue weighted by Gasteiger charge is -2.34. The van der Waals surface area contributed by atoms with Gasteiger partial charge in [-0.05, 0) is 51.3 Å². The summed E-state index contributed by atoms with van der Waals surface area (Å²) in [6.07, 6.45) is 3.33. The van der Waals surface area contributed by atoms with Crippen LogP contribution in [0.5, 0.6) is 0 Å². The maximum atomic E-state index is 12.5. The van der Waals surface area contributed by atoms with Crippen molar-refractivity contribution in [1.29, 1.82) is 0 Å². The Morgan fingerprint density at radius 1 is 1.24 bits per heavy atom. The molecule has 10 heteroatoms. The molecule has 1 amide bonds. The molecule has 0 aromatic carbocycles. The number of anilines is 3. The lowest BCUT2D eigenvalue weighted by molar-refractivity contribution is 0.0206. The molecule has 0 aliphatic carbocycles. The van der Waals surface area contributed by atoms with E-state index in [9.17, 15) is 4.79 Å². The number of carbonyl (C=O) groups is 1. The van der Waals surface area contributed by atoms with Crippen LogP contribution in [0.1, 0.15) is 39.2 Å². The number of hydrogen-bond acceptors (Lipinski definition) is 8. The molecule has 2 aromatic rings. The van der Waals surface area contributed by atoms with Gasteiger partial charge in [0.15, 0.2) is 0 Å². The number of likely N-dealkylation sites (tertiary alicyclic amines) is 1. The number of nitrogens with one attached hydrogen (secondary N) is 3. The molecule has 0 bridgehead atoms. The summed E-state index contributed by atoms with van der Waals surface area (Å²) in [6.45, 7) is 11.2. The summed E-state index contributed by atoms with van der Waals surface area (Å²) >= 11 is 0. The molecule has 4 rings (SSSR count). The van der Waals surface area contributed by atoms with Crippen molar-refractivity contribution in [3.63, 3.8) is 0 Å². The van der Waals surface area contributed by atoms with E-state index in [1.807, 2.05) is 26.8 Å². The highest BCUT2D eigenvalue weighted by Gasteiger charge is 2.28. The Hall–Kier alpha value is -2.85. The Morgan fingerprint density at radius 3 is 2.76 bits per heavy atom. The Kier molecular flexibility index (Phi) is 7.34. The molecule has 0 saturated carbocycles. The van der Waals surface area contributed by atoms with Gasteiger partial charge in [0.1, 0.15) is 23.1 Å². The Morgan fingerprint density at radius 2 is 2.03 bits per heavy atom. The molecule has 2 aromatic heterocycles. The first-order chi connectivity index (χ1) is 15.8. The molecule has 2 fully saturated rings. The van der Waals surface area contributed by atoms with Gasteiger partial charge < -0.3 is 25.0 Å². The maximum absolute atomic E-state index is 12.5. The number of hydrogen-bond donors (Lipinski definition) is 3. The van der Waals surface area contributed by atoms with Crippen LogP contribution in [0.3, 0.4) is 0 Å². The molecule has 0 unspecified atom stereocenters. The van der Waals surface area contributed by atoms with E-state index < -0.39 is 5.60 Å². The number of morpholine rings is 1. The van der Waals surface area contributed by atoms with Gasteiger partial charge in [0.05, 0.1) is 19.4 Å². The van der Waals surface area contributed by atoms with Gasteiger partial charge in [0, 0.05) is 44.8 Å². The van der Waals surface area contributed by atoms with E-state index in [1.54, 1.807) is 11.1 Å². The van der Waals surface area contributed by atoms with Crippen LogP contribution in [0, 0.1) is 0 Å². The second-order valence-corrected chi connectivity index (χ2v) is 9.64. The number of piperidine rings is 1. The lowest BCUT2D eigenvalue weighted by atomic mass is 10.1. The zero-order valence-electron chi connectivity index (χ0n) is 19.8. The predicted octanol–water partition coefficient (Wildman–Crippen LogP) is 3.19. The van der Waals surface area contributed by atoms with Gasteiger partial charge >= 0.3 is 6.09 Å². The minimum absolute atomic E-state index is 0.109. The molecule has 0 radical (unpaired) electrons. The number of H-pyrrole nitrogens is 1. The van der Waals surface area contributed by atoms with Crippen LogP contribution in [0.25, 0.3) is 0 Å². The normalized spacial score (nSPS) is 19.8. The highest BCUT2D eigenvalue weighted by molar-refractivity contribution is 5.68. The highest BCUT2D eigenvalue weighted by atomic mass is 16.6. The van der Waals surface area contributed by atoms with E-state index in [1.165, 1.54) is 0 Å². The summed E-state index contributed by atoms with van der Waals surface area (Å²) in [6, 6.07) is 6.14. The molecule has 1 atom stereocenters. The number of aromatic nitrogens is 3. The summed E-state index contributed by atoms with van der Waals surface area (Å²) < 4.78 is 11.0. The second kappa shape index (κ2) is 10.4. The largest absolute Gasteiger partial charge is 0.444 e. The fourth-order valence-electron chi connectivity index (χ4n) is 4.09. The minimum atomic E-state index is -0.500. The van der Waals surface area contributed by atoms with Crippen molar-refractivity contribution in [3.8, 4) is 0 Å². The molecule has 33 heavy (non-hydrogen) atoms. The van der Waals surface area contributed by atoms with Gasteiger partial charge in [-0.2, -0.15) is 5.10 Å². The third-order valence-corrected chi connectivity index (χ3v) is 5.58. The van der Waals surface area contributed by atoms with Crippen LogP contribution in [-0.4, -0.2) is 82.1 Å². The van der Waals surface area contributed by atoms with Crippen molar-refractivity contribution in [2.75, 3.05) is 50.0 Å². The number of carbonyl (C=O) groups excluding carboxylic acids is 1. The fraction of sp³-hybridized carbons (Fsp3) is 0.609. The Bertz CT molecular complexity index is 907.